The summed E-state index contributed by atoms with van der Waals surface area (Å²) < 4.78 is 13.2. The maximum atomic E-state index is 13.2. The summed E-state index contributed by atoms with van der Waals surface area (Å²) in [6.07, 6.45) is 1.63. The van der Waals surface area contributed by atoms with Gasteiger partial charge in [-0.15, -0.1) is 0 Å². The summed E-state index contributed by atoms with van der Waals surface area (Å²) in [4.78, 5) is 26.3. The molecule has 0 spiro atoms. The van der Waals surface area contributed by atoms with Crippen LogP contribution in [0.4, 0.5) is 4.39 Å². The highest BCUT2D eigenvalue weighted by Crippen LogP contribution is 2.14. The maximum absolute atomic E-state index is 13.2. The van der Waals surface area contributed by atoms with Gasteiger partial charge in [0.05, 0.1) is 6.42 Å². The van der Waals surface area contributed by atoms with Crippen LogP contribution in [0.1, 0.15) is 28.8 Å². The van der Waals surface area contributed by atoms with Gasteiger partial charge in [0, 0.05) is 24.7 Å². The number of carbonyl (C=O) groups excluding carboxylic acids is 2. The number of likely N-dealkylation sites (tertiary alicyclic amines) is 1. The van der Waals surface area contributed by atoms with Gasteiger partial charge in [-0.3, -0.25) is 9.59 Å². The summed E-state index contributed by atoms with van der Waals surface area (Å²) in [5.41, 5.74) is 1.35. The summed E-state index contributed by atoms with van der Waals surface area (Å²) >= 11 is 0. The summed E-state index contributed by atoms with van der Waals surface area (Å²) in [7, 11) is 0. The Bertz CT molecular complexity index is 740. The molecule has 2 aromatic rings. The number of nitrogens with one attached hydrogen (secondary N) is 1. The predicted molar refractivity (Wildman–Crippen MR) is 93.6 cm³/mol. The lowest BCUT2D eigenvalue weighted by molar-refractivity contribution is -0.121. The first-order valence-corrected chi connectivity index (χ1v) is 8.50. The second kappa shape index (κ2) is 7.92. The normalized spacial score (nSPS) is 15.0. The Kier molecular flexibility index (Phi) is 5.43. The molecule has 0 unspecified atom stereocenters. The van der Waals surface area contributed by atoms with Crippen LogP contribution in [0.15, 0.2) is 54.6 Å². The molecular formula is C20H21FN2O2. The SMILES string of the molecule is O=C(Cc1cccc(F)c1)NC1CCN(C(=O)c2ccccc2)CC1. The third-order valence-electron chi connectivity index (χ3n) is 4.42. The molecule has 25 heavy (non-hydrogen) atoms. The van der Waals surface area contributed by atoms with Crippen molar-refractivity contribution >= 4 is 11.8 Å². The number of amides is 2. The zero-order valence-corrected chi connectivity index (χ0v) is 14.0. The third-order valence-corrected chi connectivity index (χ3v) is 4.42. The molecule has 4 nitrogen and oxygen atoms in total. The highest BCUT2D eigenvalue weighted by atomic mass is 19.1. The van der Waals surface area contributed by atoms with Crippen molar-refractivity contribution in [3.8, 4) is 0 Å². The molecule has 1 N–H and O–H groups in total. The van der Waals surface area contributed by atoms with Crippen molar-refractivity contribution in [2.75, 3.05) is 13.1 Å². The van der Waals surface area contributed by atoms with E-state index in [0.717, 1.165) is 12.8 Å². The zero-order valence-electron chi connectivity index (χ0n) is 14.0. The Labute approximate surface area is 146 Å². The maximum Gasteiger partial charge on any atom is 0.253 e. The van der Waals surface area contributed by atoms with E-state index in [2.05, 4.69) is 5.32 Å². The van der Waals surface area contributed by atoms with Crippen LogP contribution in [-0.4, -0.2) is 35.8 Å². The lowest BCUT2D eigenvalue weighted by atomic mass is 10.0. The number of carbonyl (C=O) groups is 2. The molecule has 2 amide bonds. The number of piperidine rings is 1. The van der Waals surface area contributed by atoms with Gasteiger partial charge in [-0.05, 0) is 42.7 Å². The Balaban J connectivity index is 1.47. The Morgan fingerprint density at radius 3 is 2.44 bits per heavy atom. The molecule has 0 radical (unpaired) electrons. The van der Waals surface area contributed by atoms with E-state index in [0.29, 0.717) is 24.2 Å². The van der Waals surface area contributed by atoms with Crippen LogP contribution in [0.3, 0.4) is 0 Å². The van der Waals surface area contributed by atoms with E-state index in [9.17, 15) is 14.0 Å². The molecule has 1 aliphatic heterocycles. The van der Waals surface area contributed by atoms with Crippen LogP contribution >= 0.6 is 0 Å². The average Bonchev–Trinajstić information content (AvgIpc) is 2.62. The second-order valence-corrected chi connectivity index (χ2v) is 6.31. The smallest absolute Gasteiger partial charge is 0.253 e. The van der Waals surface area contributed by atoms with Crippen molar-refractivity contribution in [3.05, 3.63) is 71.5 Å². The van der Waals surface area contributed by atoms with Gasteiger partial charge in [-0.1, -0.05) is 30.3 Å². The van der Waals surface area contributed by atoms with E-state index in [-0.39, 0.29) is 30.1 Å². The summed E-state index contributed by atoms with van der Waals surface area (Å²) in [6.45, 7) is 1.25. The molecule has 0 atom stereocenters. The van der Waals surface area contributed by atoms with Crippen molar-refractivity contribution in [2.24, 2.45) is 0 Å². The highest BCUT2D eigenvalue weighted by Gasteiger charge is 2.24. The summed E-state index contributed by atoms with van der Waals surface area (Å²) in [5.74, 6) is -0.415. The first kappa shape index (κ1) is 17.1. The standard InChI is InChI=1S/C20H21FN2O2/c21-17-8-4-5-15(13-17)14-19(24)22-18-9-11-23(12-10-18)20(25)16-6-2-1-3-7-16/h1-8,13,18H,9-12,14H2,(H,22,24). The molecule has 1 aliphatic rings. The average molecular weight is 340 g/mol. The van der Waals surface area contributed by atoms with E-state index in [1.165, 1.54) is 12.1 Å². The van der Waals surface area contributed by atoms with Gasteiger partial charge in [-0.2, -0.15) is 0 Å². The molecule has 5 heteroatoms. The van der Waals surface area contributed by atoms with Crippen molar-refractivity contribution < 1.29 is 14.0 Å². The van der Waals surface area contributed by atoms with E-state index < -0.39 is 0 Å². The molecule has 0 bridgehead atoms. The number of nitrogens with zero attached hydrogens (tertiary/aromatic N) is 1. The Hall–Kier alpha value is -2.69. The monoisotopic (exact) mass is 340 g/mol. The van der Waals surface area contributed by atoms with E-state index in [1.807, 2.05) is 35.2 Å². The number of benzene rings is 2. The fourth-order valence-electron chi connectivity index (χ4n) is 3.10. The second-order valence-electron chi connectivity index (χ2n) is 6.31. The minimum absolute atomic E-state index is 0.0325. The fourth-order valence-corrected chi connectivity index (χ4v) is 3.10. The molecule has 1 saturated heterocycles. The Morgan fingerprint density at radius 1 is 1.04 bits per heavy atom. The minimum Gasteiger partial charge on any atom is -0.353 e. The van der Waals surface area contributed by atoms with Gasteiger partial charge in [0.25, 0.3) is 5.91 Å². The largest absolute Gasteiger partial charge is 0.353 e. The zero-order chi connectivity index (χ0) is 17.6. The molecule has 0 saturated carbocycles. The fraction of sp³-hybridized carbons (Fsp3) is 0.300. The topological polar surface area (TPSA) is 49.4 Å². The highest BCUT2D eigenvalue weighted by molar-refractivity contribution is 5.94. The van der Waals surface area contributed by atoms with E-state index in [4.69, 9.17) is 0 Å². The number of hydrogen-bond acceptors (Lipinski definition) is 2. The van der Waals surface area contributed by atoms with Crippen molar-refractivity contribution in [1.29, 1.82) is 0 Å². The minimum atomic E-state index is -0.335. The van der Waals surface area contributed by atoms with Crippen molar-refractivity contribution in [1.82, 2.24) is 10.2 Å². The van der Waals surface area contributed by atoms with Gasteiger partial charge in [0.15, 0.2) is 0 Å². The molecule has 2 aromatic carbocycles. The van der Waals surface area contributed by atoms with Crippen molar-refractivity contribution in [3.63, 3.8) is 0 Å². The van der Waals surface area contributed by atoms with Crippen LogP contribution in [0.25, 0.3) is 0 Å². The van der Waals surface area contributed by atoms with Crippen LogP contribution in [0, 0.1) is 5.82 Å². The first-order chi connectivity index (χ1) is 12.1. The number of hydrogen-bond donors (Lipinski definition) is 1. The molecular weight excluding hydrogens is 319 g/mol. The molecule has 130 valence electrons. The molecule has 3 rings (SSSR count). The van der Waals surface area contributed by atoms with E-state index >= 15 is 0 Å². The molecule has 0 aromatic heterocycles. The molecule has 1 heterocycles. The van der Waals surface area contributed by atoms with Crippen LogP contribution in [0.2, 0.25) is 0 Å². The van der Waals surface area contributed by atoms with Crippen LogP contribution in [-0.2, 0) is 11.2 Å². The van der Waals surface area contributed by atoms with Crippen molar-refractivity contribution in [2.45, 2.75) is 25.3 Å². The predicted octanol–water partition coefficient (Wildman–Crippen LogP) is 2.79. The lowest BCUT2D eigenvalue weighted by Gasteiger charge is -2.32. The van der Waals surface area contributed by atoms with E-state index in [1.54, 1.807) is 12.1 Å². The number of halogens is 1. The van der Waals surface area contributed by atoms with Gasteiger partial charge in [0.2, 0.25) is 5.91 Å². The van der Waals surface area contributed by atoms with Gasteiger partial charge in [-0.25, -0.2) is 4.39 Å². The first-order valence-electron chi connectivity index (χ1n) is 8.50. The van der Waals surface area contributed by atoms with Crippen LogP contribution in [0.5, 0.6) is 0 Å². The quantitative estimate of drug-likeness (QED) is 0.930. The molecule has 0 aliphatic carbocycles. The third kappa shape index (κ3) is 4.66. The lowest BCUT2D eigenvalue weighted by Crippen LogP contribution is -2.46. The van der Waals surface area contributed by atoms with Crippen LogP contribution < -0.4 is 5.32 Å². The van der Waals surface area contributed by atoms with Gasteiger partial charge >= 0.3 is 0 Å². The Morgan fingerprint density at radius 2 is 1.76 bits per heavy atom. The molecule has 1 fully saturated rings. The number of rotatable bonds is 4. The van der Waals surface area contributed by atoms with Gasteiger partial charge in [0.1, 0.15) is 5.82 Å². The summed E-state index contributed by atoms with van der Waals surface area (Å²) in [5, 5.41) is 2.99. The summed E-state index contributed by atoms with van der Waals surface area (Å²) in [6, 6.07) is 15.4. The van der Waals surface area contributed by atoms with Gasteiger partial charge < -0.3 is 10.2 Å².